The van der Waals surface area contributed by atoms with Crippen molar-refractivity contribution >= 4 is 6.09 Å². The number of nitrogens with one attached hydrogen (secondary N) is 1. The van der Waals surface area contributed by atoms with E-state index in [0.717, 1.165) is 6.42 Å². The molecule has 0 aromatic carbocycles. The molecule has 2 aliphatic rings. The molecule has 2 atom stereocenters. The van der Waals surface area contributed by atoms with Gasteiger partial charge in [-0.25, -0.2) is 4.79 Å². The molecule has 0 bridgehead atoms. The zero-order valence-corrected chi connectivity index (χ0v) is 12.2. The van der Waals surface area contributed by atoms with Crippen LogP contribution in [-0.4, -0.2) is 53.5 Å². The van der Waals surface area contributed by atoms with E-state index >= 15 is 0 Å². The molecule has 1 saturated heterocycles. The Bertz CT molecular complexity index is 323. The van der Waals surface area contributed by atoms with Gasteiger partial charge in [0.15, 0.2) is 0 Å². The van der Waals surface area contributed by atoms with Crippen LogP contribution >= 0.6 is 0 Å². The summed E-state index contributed by atoms with van der Waals surface area (Å²) in [6, 6.07) is 0.961. The highest BCUT2D eigenvalue weighted by Gasteiger charge is 2.35. The Labute approximate surface area is 115 Å². The van der Waals surface area contributed by atoms with Gasteiger partial charge in [-0.05, 0) is 40.0 Å². The first kappa shape index (κ1) is 14.6. The van der Waals surface area contributed by atoms with Crippen molar-refractivity contribution in [3.05, 3.63) is 0 Å². The van der Waals surface area contributed by atoms with Crippen LogP contribution in [0.3, 0.4) is 0 Å². The summed E-state index contributed by atoms with van der Waals surface area (Å²) < 4.78 is 5.38. The van der Waals surface area contributed by atoms with Gasteiger partial charge in [0.1, 0.15) is 5.60 Å². The normalized spacial score (nSPS) is 28.3. The van der Waals surface area contributed by atoms with Crippen molar-refractivity contribution in [2.24, 2.45) is 5.92 Å². The summed E-state index contributed by atoms with van der Waals surface area (Å²) in [5, 5.41) is 13.1. The number of likely N-dealkylation sites (tertiary alicyclic amines) is 1. The van der Waals surface area contributed by atoms with Crippen molar-refractivity contribution in [2.75, 3.05) is 19.7 Å². The van der Waals surface area contributed by atoms with E-state index in [9.17, 15) is 9.90 Å². The Balaban J connectivity index is 1.86. The van der Waals surface area contributed by atoms with Crippen molar-refractivity contribution in [1.82, 2.24) is 10.2 Å². The highest BCUT2D eigenvalue weighted by molar-refractivity contribution is 5.68. The Hall–Kier alpha value is -0.810. The van der Waals surface area contributed by atoms with Gasteiger partial charge in [0.25, 0.3) is 0 Å². The number of ether oxygens (including phenoxy) is 1. The molecule has 1 heterocycles. The zero-order valence-electron chi connectivity index (χ0n) is 12.2. The Morgan fingerprint density at radius 3 is 2.58 bits per heavy atom. The molecular formula is C14H26N2O3. The van der Waals surface area contributed by atoms with Crippen molar-refractivity contribution < 1.29 is 14.6 Å². The SMILES string of the molecule is CC(C)(C)OC(=O)N1CCC(NC2CC2)C(CO)C1. The quantitative estimate of drug-likeness (QED) is 0.813. The van der Waals surface area contributed by atoms with E-state index in [1.165, 1.54) is 12.8 Å². The standard InChI is InChI=1S/C14H26N2O3/c1-14(2,3)19-13(18)16-7-6-12(10(8-16)9-17)15-11-4-5-11/h10-12,15,17H,4-9H2,1-3H3. The molecule has 2 unspecified atom stereocenters. The van der Waals surface area contributed by atoms with E-state index in [0.29, 0.717) is 25.2 Å². The maximum absolute atomic E-state index is 12.0. The highest BCUT2D eigenvalue weighted by atomic mass is 16.6. The van der Waals surface area contributed by atoms with Gasteiger partial charge in [-0.15, -0.1) is 0 Å². The minimum absolute atomic E-state index is 0.113. The smallest absolute Gasteiger partial charge is 0.410 e. The first-order chi connectivity index (χ1) is 8.89. The largest absolute Gasteiger partial charge is 0.444 e. The lowest BCUT2D eigenvalue weighted by molar-refractivity contribution is 0.00829. The predicted molar refractivity (Wildman–Crippen MR) is 72.9 cm³/mol. The number of rotatable bonds is 3. The predicted octanol–water partition coefficient (Wildman–Crippen LogP) is 1.36. The summed E-state index contributed by atoms with van der Waals surface area (Å²) in [5.74, 6) is 0.113. The molecule has 110 valence electrons. The number of aliphatic hydroxyl groups excluding tert-OH is 1. The average Bonchev–Trinajstić information content (AvgIpc) is 3.11. The van der Waals surface area contributed by atoms with Crippen molar-refractivity contribution in [2.45, 2.75) is 57.7 Å². The van der Waals surface area contributed by atoms with Gasteiger partial charge in [0.05, 0.1) is 0 Å². The number of aliphatic hydroxyl groups is 1. The van der Waals surface area contributed by atoms with Crippen LogP contribution in [-0.2, 0) is 4.74 Å². The number of nitrogens with zero attached hydrogens (tertiary/aromatic N) is 1. The molecule has 5 nitrogen and oxygen atoms in total. The fourth-order valence-corrected chi connectivity index (χ4v) is 2.48. The fraction of sp³-hybridized carbons (Fsp3) is 0.929. The van der Waals surface area contributed by atoms with Gasteiger partial charge in [-0.3, -0.25) is 0 Å². The summed E-state index contributed by atoms with van der Waals surface area (Å²) in [7, 11) is 0. The minimum Gasteiger partial charge on any atom is -0.444 e. The third-order valence-electron chi connectivity index (χ3n) is 3.65. The Morgan fingerprint density at radius 2 is 2.05 bits per heavy atom. The third-order valence-corrected chi connectivity index (χ3v) is 3.65. The maximum atomic E-state index is 12.0. The number of hydrogen-bond donors (Lipinski definition) is 2. The van der Waals surface area contributed by atoms with Gasteiger partial charge in [0.2, 0.25) is 0 Å². The lowest BCUT2D eigenvalue weighted by Gasteiger charge is -2.38. The van der Waals surface area contributed by atoms with E-state index in [-0.39, 0.29) is 18.6 Å². The van der Waals surface area contributed by atoms with Gasteiger partial charge in [-0.2, -0.15) is 0 Å². The van der Waals surface area contributed by atoms with E-state index < -0.39 is 5.60 Å². The molecule has 19 heavy (non-hydrogen) atoms. The summed E-state index contributed by atoms with van der Waals surface area (Å²) in [6.45, 7) is 7.01. The van der Waals surface area contributed by atoms with Gasteiger partial charge in [0, 0.05) is 37.7 Å². The molecule has 1 saturated carbocycles. The molecule has 5 heteroatoms. The highest BCUT2D eigenvalue weighted by Crippen LogP contribution is 2.25. The lowest BCUT2D eigenvalue weighted by Crippen LogP contribution is -2.53. The molecule has 0 aromatic heterocycles. The van der Waals surface area contributed by atoms with Crippen LogP contribution in [0.4, 0.5) is 4.79 Å². The number of hydrogen-bond acceptors (Lipinski definition) is 4. The molecule has 2 fully saturated rings. The van der Waals surface area contributed by atoms with Crippen LogP contribution in [0.15, 0.2) is 0 Å². The minimum atomic E-state index is -0.463. The zero-order chi connectivity index (χ0) is 14.0. The van der Waals surface area contributed by atoms with E-state index in [4.69, 9.17) is 4.74 Å². The van der Waals surface area contributed by atoms with Gasteiger partial charge >= 0.3 is 6.09 Å². The topological polar surface area (TPSA) is 61.8 Å². The van der Waals surface area contributed by atoms with Crippen LogP contribution in [0.5, 0.6) is 0 Å². The van der Waals surface area contributed by atoms with Crippen molar-refractivity contribution in [3.63, 3.8) is 0 Å². The molecule has 2 rings (SSSR count). The van der Waals surface area contributed by atoms with Gasteiger partial charge < -0.3 is 20.1 Å². The number of piperidine rings is 1. The molecular weight excluding hydrogens is 244 g/mol. The first-order valence-corrected chi connectivity index (χ1v) is 7.24. The maximum Gasteiger partial charge on any atom is 0.410 e. The Morgan fingerprint density at radius 1 is 1.37 bits per heavy atom. The monoisotopic (exact) mass is 270 g/mol. The van der Waals surface area contributed by atoms with Crippen LogP contribution in [0.2, 0.25) is 0 Å². The van der Waals surface area contributed by atoms with E-state index in [1.807, 2.05) is 20.8 Å². The molecule has 1 aliphatic heterocycles. The first-order valence-electron chi connectivity index (χ1n) is 7.24. The molecule has 0 aromatic rings. The van der Waals surface area contributed by atoms with Crippen molar-refractivity contribution in [1.29, 1.82) is 0 Å². The second-order valence-electron chi connectivity index (χ2n) is 6.71. The Kier molecular flexibility index (Phi) is 4.36. The average molecular weight is 270 g/mol. The summed E-state index contributed by atoms with van der Waals surface area (Å²) in [4.78, 5) is 13.7. The van der Waals surface area contributed by atoms with Crippen LogP contribution < -0.4 is 5.32 Å². The second-order valence-corrected chi connectivity index (χ2v) is 6.71. The number of amides is 1. The number of carbonyl (C=O) groups excluding carboxylic acids is 1. The second kappa shape index (κ2) is 5.67. The van der Waals surface area contributed by atoms with E-state index in [2.05, 4.69) is 5.32 Å². The van der Waals surface area contributed by atoms with Crippen LogP contribution in [0.1, 0.15) is 40.0 Å². The lowest BCUT2D eigenvalue weighted by atomic mass is 9.93. The molecule has 2 N–H and O–H groups in total. The molecule has 0 radical (unpaired) electrons. The third kappa shape index (κ3) is 4.35. The number of carbonyl (C=O) groups is 1. The molecule has 1 amide bonds. The summed E-state index contributed by atoms with van der Waals surface area (Å²) >= 11 is 0. The summed E-state index contributed by atoms with van der Waals surface area (Å²) in [6.07, 6.45) is 3.10. The molecule has 0 spiro atoms. The molecule has 1 aliphatic carbocycles. The van der Waals surface area contributed by atoms with Crippen molar-refractivity contribution in [3.8, 4) is 0 Å². The van der Waals surface area contributed by atoms with Crippen LogP contribution in [0.25, 0.3) is 0 Å². The van der Waals surface area contributed by atoms with Crippen LogP contribution in [0, 0.1) is 5.92 Å². The fourth-order valence-electron chi connectivity index (χ4n) is 2.48. The summed E-state index contributed by atoms with van der Waals surface area (Å²) in [5.41, 5.74) is -0.463. The van der Waals surface area contributed by atoms with E-state index in [1.54, 1.807) is 4.90 Å². The van der Waals surface area contributed by atoms with Gasteiger partial charge in [-0.1, -0.05) is 0 Å².